The maximum absolute atomic E-state index is 11.9. The largest absolute Gasteiger partial charge is 0.480 e. The summed E-state index contributed by atoms with van der Waals surface area (Å²) in [5, 5.41) is 11.8. The number of carboxylic acids is 1. The van der Waals surface area contributed by atoms with Gasteiger partial charge >= 0.3 is 12.1 Å². The van der Waals surface area contributed by atoms with Crippen molar-refractivity contribution in [2.24, 2.45) is 0 Å². The zero-order valence-electron chi connectivity index (χ0n) is 15.7. The molecule has 8 nitrogen and oxygen atoms in total. The number of benzene rings is 1. The van der Waals surface area contributed by atoms with Gasteiger partial charge in [-0.2, -0.15) is 0 Å². The van der Waals surface area contributed by atoms with Gasteiger partial charge in [0.15, 0.2) is 0 Å². The Bertz CT molecular complexity index is 752. The van der Waals surface area contributed by atoms with Gasteiger partial charge in [-0.25, -0.2) is 14.6 Å². The molecule has 0 saturated carbocycles. The van der Waals surface area contributed by atoms with Gasteiger partial charge in [0.1, 0.15) is 18.4 Å². The molecule has 1 atom stereocenters. The quantitative estimate of drug-likeness (QED) is 0.735. The number of aromatic nitrogens is 2. The lowest BCUT2D eigenvalue weighted by atomic mass is 10.1. The summed E-state index contributed by atoms with van der Waals surface area (Å²) in [5.74, 6) is -1.15. The van der Waals surface area contributed by atoms with Crippen molar-refractivity contribution < 1.29 is 24.2 Å². The van der Waals surface area contributed by atoms with E-state index >= 15 is 0 Å². The smallest absolute Gasteiger partial charge is 0.408 e. The van der Waals surface area contributed by atoms with Crippen LogP contribution >= 0.6 is 0 Å². The molecule has 2 N–H and O–H groups in total. The van der Waals surface area contributed by atoms with Gasteiger partial charge in [0.2, 0.25) is 0 Å². The van der Waals surface area contributed by atoms with E-state index in [0.29, 0.717) is 12.3 Å². The lowest BCUT2D eigenvalue weighted by Crippen LogP contribution is -2.45. The number of carbonyl (C=O) groups excluding carboxylic acids is 1. The number of hydrogen-bond donors (Lipinski definition) is 2. The minimum absolute atomic E-state index is 0.0588. The molecule has 0 aliphatic rings. The second kappa shape index (κ2) is 9.18. The van der Waals surface area contributed by atoms with Crippen LogP contribution < -0.4 is 5.32 Å². The van der Waals surface area contributed by atoms with Crippen molar-refractivity contribution in [3.05, 3.63) is 54.1 Å². The van der Waals surface area contributed by atoms with Gasteiger partial charge in [-0.05, 0) is 26.3 Å². The van der Waals surface area contributed by atoms with Gasteiger partial charge < -0.3 is 24.5 Å². The Hall–Kier alpha value is -2.87. The highest BCUT2D eigenvalue weighted by atomic mass is 16.6. The first kappa shape index (κ1) is 20.4. The molecule has 0 unspecified atom stereocenters. The van der Waals surface area contributed by atoms with Crippen LogP contribution in [0.1, 0.15) is 32.0 Å². The Labute approximate surface area is 158 Å². The Morgan fingerprint density at radius 2 is 1.96 bits per heavy atom. The molecule has 0 saturated heterocycles. The van der Waals surface area contributed by atoms with Crippen LogP contribution in [0.3, 0.4) is 0 Å². The number of amides is 1. The third kappa shape index (κ3) is 7.10. The first-order valence-corrected chi connectivity index (χ1v) is 8.57. The zero-order valence-corrected chi connectivity index (χ0v) is 15.7. The summed E-state index contributed by atoms with van der Waals surface area (Å²) < 4.78 is 12.5. The van der Waals surface area contributed by atoms with E-state index in [0.717, 1.165) is 5.56 Å². The number of alkyl carbamates (subject to hydrolysis) is 1. The Balaban J connectivity index is 1.93. The highest BCUT2D eigenvalue weighted by Gasteiger charge is 2.25. The molecule has 0 spiro atoms. The van der Waals surface area contributed by atoms with E-state index in [1.807, 2.05) is 30.3 Å². The van der Waals surface area contributed by atoms with Gasteiger partial charge in [-0.3, -0.25) is 0 Å². The van der Waals surface area contributed by atoms with Gasteiger partial charge in [0.05, 0.1) is 12.9 Å². The number of nitrogens with one attached hydrogen (secondary N) is 1. The summed E-state index contributed by atoms with van der Waals surface area (Å²) in [6.07, 6.45) is 2.40. The van der Waals surface area contributed by atoms with Crippen molar-refractivity contribution in [1.29, 1.82) is 0 Å². The van der Waals surface area contributed by atoms with E-state index in [9.17, 15) is 14.7 Å². The predicted octanol–water partition coefficient (Wildman–Crippen LogP) is 2.58. The molecule has 0 aliphatic carbocycles. The highest BCUT2D eigenvalue weighted by Crippen LogP contribution is 2.09. The first-order valence-electron chi connectivity index (χ1n) is 8.57. The first-order chi connectivity index (χ1) is 12.7. The molecule has 1 aromatic heterocycles. The van der Waals surface area contributed by atoms with Crippen LogP contribution in [0.15, 0.2) is 42.9 Å². The summed E-state index contributed by atoms with van der Waals surface area (Å²) in [7, 11) is 0. The molecule has 0 fully saturated rings. The number of ether oxygens (including phenoxy) is 2. The molecule has 1 aromatic carbocycles. The molecule has 1 amide bonds. The highest BCUT2D eigenvalue weighted by molar-refractivity contribution is 5.80. The lowest BCUT2D eigenvalue weighted by Gasteiger charge is -2.22. The molecule has 8 heteroatoms. The van der Waals surface area contributed by atoms with Crippen LogP contribution in [-0.4, -0.2) is 38.4 Å². The number of hydrogen-bond acceptors (Lipinski definition) is 5. The molecular weight excluding hydrogens is 350 g/mol. The normalized spacial score (nSPS) is 12.4. The van der Waals surface area contributed by atoms with E-state index in [4.69, 9.17) is 9.47 Å². The standard InChI is InChI=1S/C19H25N3O5/c1-19(2,3)27-18(25)21-16(17(23)24)9-15-10-20-12-22(15)13-26-11-14-7-5-4-6-8-14/h4-8,10,12,16H,9,11,13H2,1-3H3,(H,21,25)(H,23,24)/t16-/m0/s1. The van der Waals surface area contributed by atoms with Gasteiger partial charge in [-0.1, -0.05) is 30.3 Å². The van der Waals surface area contributed by atoms with Crippen molar-refractivity contribution >= 4 is 12.1 Å². The van der Waals surface area contributed by atoms with Gasteiger partial charge in [0, 0.05) is 18.3 Å². The average molecular weight is 375 g/mol. The fourth-order valence-electron chi connectivity index (χ4n) is 2.33. The molecule has 1 heterocycles. The van der Waals surface area contributed by atoms with Crippen LogP contribution in [0.25, 0.3) is 0 Å². The molecule has 0 aliphatic heterocycles. The number of imidazole rings is 1. The van der Waals surface area contributed by atoms with Crippen molar-refractivity contribution in [1.82, 2.24) is 14.9 Å². The van der Waals surface area contributed by atoms with Crippen LogP contribution in [0.5, 0.6) is 0 Å². The molecule has 0 radical (unpaired) electrons. The molecule has 27 heavy (non-hydrogen) atoms. The van der Waals surface area contributed by atoms with Crippen molar-refractivity contribution in [3.8, 4) is 0 Å². The van der Waals surface area contributed by atoms with Crippen molar-refractivity contribution in [3.63, 3.8) is 0 Å². The van der Waals surface area contributed by atoms with Crippen LogP contribution in [-0.2, 0) is 34.0 Å². The SMILES string of the molecule is CC(C)(C)OC(=O)N[C@@H](Cc1cncn1COCc1ccccc1)C(=O)O. The number of nitrogens with zero attached hydrogens (tertiary/aromatic N) is 2. The summed E-state index contributed by atoms with van der Waals surface area (Å²) >= 11 is 0. The summed E-state index contributed by atoms with van der Waals surface area (Å²) in [4.78, 5) is 27.4. The van der Waals surface area contributed by atoms with E-state index in [1.165, 1.54) is 0 Å². The topological polar surface area (TPSA) is 103 Å². The molecule has 146 valence electrons. The van der Waals surface area contributed by atoms with E-state index in [-0.39, 0.29) is 13.2 Å². The van der Waals surface area contributed by atoms with E-state index in [2.05, 4.69) is 10.3 Å². The van der Waals surface area contributed by atoms with E-state index < -0.39 is 23.7 Å². The monoisotopic (exact) mass is 375 g/mol. The van der Waals surface area contributed by atoms with Crippen molar-refractivity contribution in [2.45, 2.75) is 52.2 Å². The fraction of sp³-hybridized carbons (Fsp3) is 0.421. The van der Waals surface area contributed by atoms with Crippen LogP contribution in [0.2, 0.25) is 0 Å². The van der Waals surface area contributed by atoms with Crippen LogP contribution in [0, 0.1) is 0 Å². The Morgan fingerprint density at radius 1 is 1.26 bits per heavy atom. The maximum atomic E-state index is 11.9. The second-order valence-corrected chi connectivity index (χ2v) is 7.06. The molecule has 2 aromatic rings. The summed E-state index contributed by atoms with van der Waals surface area (Å²) in [6, 6.07) is 8.58. The zero-order chi connectivity index (χ0) is 19.9. The van der Waals surface area contributed by atoms with Gasteiger partial charge in [-0.15, -0.1) is 0 Å². The number of aliphatic carboxylic acids is 1. The second-order valence-electron chi connectivity index (χ2n) is 7.06. The molecular formula is C19H25N3O5. The average Bonchev–Trinajstić information content (AvgIpc) is 3.00. The number of carbonyl (C=O) groups is 2. The third-order valence-corrected chi connectivity index (χ3v) is 3.54. The fourth-order valence-corrected chi connectivity index (χ4v) is 2.33. The van der Waals surface area contributed by atoms with Gasteiger partial charge in [0.25, 0.3) is 0 Å². The minimum atomic E-state index is -1.15. The number of carboxylic acid groups (broad SMARTS) is 1. The number of rotatable bonds is 8. The molecule has 2 rings (SSSR count). The summed E-state index contributed by atoms with van der Waals surface area (Å²) in [6.45, 7) is 5.78. The Morgan fingerprint density at radius 3 is 2.59 bits per heavy atom. The predicted molar refractivity (Wildman–Crippen MR) is 98.0 cm³/mol. The Kier molecular flexibility index (Phi) is 6.95. The van der Waals surface area contributed by atoms with Crippen molar-refractivity contribution in [2.75, 3.05) is 0 Å². The van der Waals surface area contributed by atoms with Crippen LogP contribution in [0.4, 0.5) is 4.79 Å². The third-order valence-electron chi connectivity index (χ3n) is 3.54. The van der Waals surface area contributed by atoms with E-state index in [1.54, 1.807) is 37.9 Å². The maximum Gasteiger partial charge on any atom is 0.408 e. The lowest BCUT2D eigenvalue weighted by molar-refractivity contribution is -0.139. The molecule has 0 bridgehead atoms. The summed E-state index contributed by atoms with van der Waals surface area (Å²) in [5.41, 5.74) is 0.959. The minimum Gasteiger partial charge on any atom is -0.480 e.